The second-order valence-corrected chi connectivity index (χ2v) is 18.1. The molecule has 1 aliphatic heterocycles. The summed E-state index contributed by atoms with van der Waals surface area (Å²) in [6.45, 7) is 12.3. The molecule has 0 spiro atoms. The maximum absolute atomic E-state index is 14.6. The minimum atomic E-state index is -1.24. The van der Waals surface area contributed by atoms with Crippen molar-refractivity contribution in [2.45, 2.75) is 97.6 Å². The van der Waals surface area contributed by atoms with E-state index in [-0.39, 0.29) is 24.8 Å². The molecule has 1 fully saturated rings. The number of carboxylic acid groups (broad SMARTS) is 1. The highest BCUT2D eigenvalue weighted by Gasteiger charge is 2.44. The Hall–Kier alpha value is -5.34. The second-order valence-electron chi connectivity index (χ2n) is 17.2. The average molecular weight is 812 g/mol. The molecule has 0 unspecified atom stereocenters. The molecule has 310 valence electrons. The summed E-state index contributed by atoms with van der Waals surface area (Å²) in [6.07, 6.45) is 1.77. The average Bonchev–Trinajstić information content (AvgIpc) is 3.77. The number of pyridine rings is 1. The number of carbonyl (C=O) groups is 4. The van der Waals surface area contributed by atoms with Gasteiger partial charge in [0, 0.05) is 49.5 Å². The zero-order valence-corrected chi connectivity index (χ0v) is 35.3. The van der Waals surface area contributed by atoms with Crippen LogP contribution < -0.4 is 10.6 Å². The lowest BCUT2D eigenvalue weighted by Gasteiger charge is -2.38. The first kappa shape index (κ1) is 43.8. The van der Waals surface area contributed by atoms with Gasteiger partial charge in [0.2, 0.25) is 11.8 Å². The lowest BCUT2D eigenvalue weighted by molar-refractivity contribution is -0.131. The highest BCUT2D eigenvalue weighted by molar-refractivity contribution is 7.13. The van der Waals surface area contributed by atoms with Crippen molar-refractivity contribution in [1.82, 2.24) is 35.3 Å². The van der Waals surface area contributed by atoms with E-state index in [0.717, 1.165) is 32.3 Å². The van der Waals surface area contributed by atoms with Crippen molar-refractivity contribution in [3.05, 3.63) is 107 Å². The van der Waals surface area contributed by atoms with Crippen molar-refractivity contribution in [2.75, 3.05) is 20.1 Å². The van der Waals surface area contributed by atoms with Crippen LogP contribution in [0.2, 0.25) is 0 Å². The Morgan fingerprint density at radius 3 is 2.07 bits per heavy atom. The van der Waals surface area contributed by atoms with Gasteiger partial charge >= 0.3 is 12.1 Å². The summed E-state index contributed by atoms with van der Waals surface area (Å²) < 4.78 is 0. The lowest BCUT2D eigenvalue weighted by Crippen LogP contribution is -2.59. The van der Waals surface area contributed by atoms with Gasteiger partial charge in [-0.1, -0.05) is 102 Å². The van der Waals surface area contributed by atoms with Crippen LogP contribution in [0.5, 0.6) is 0 Å². The van der Waals surface area contributed by atoms with E-state index in [9.17, 15) is 29.4 Å². The Labute approximate surface area is 345 Å². The molecular weight excluding hydrogens is 755 g/mol. The van der Waals surface area contributed by atoms with Crippen LogP contribution >= 0.6 is 11.3 Å². The van der Waals surface area contributed by atoms with Gasteiger partial charge in [-0.3, -0.25) is 19.5 Å². The van der Waals surface area contributed by atoms with Crippen LogP contribution in [0.25, 0.3) is 10.6 Å². The van der Waals surface area contributed by atoms with Crippen molar-refractivity contribution in [1.29, 1.82) is 0 Å². The normalized spacial score (nSPS) is 16.0. The van der Waals surface area contributed by atoms with Gasteiger partial charge < -0.3 is 30.6 Å². The van der Waals surface area contributed by atoms with E-state index in [4.69, 9.17) is 4.98 Å². The third kappa shape index (κ3) is 11.4. The van der Waals surface area contributed by atoms with Gasteiger partial charge in [-0.15, -0.1) is 11.3 Å². The van der Waals surface area contributed by atoms with Gasteiger partial charge in [0.25, 0.3) is 0 Å². The lowest BCUT2D eigenvalue weighted by atomic mass is 9.84. The molecule has 0 saturated carbocycles. The van der Waals surface area contributed by atoms with E-state index in [0.29, 0.717) is 26.1 Å². The highest BCUT2D eigenvalue weighted by atomic mass is 32.1. The number of likely N-dealkylation sites (N-methyl/N-ethyl adjacent to an activating group) is 1. The zero-order chi connectivity index (χ0) is 42.2. The SMILES string of the molecule is CN(C(=O)O)[C@H](C(=O)N[C@@H](Cc1ccccc1)[C@H](O)C[C@H](Cc1ccccc1)NC(=O)[C@@H](N1CCN(Cc2csc(-c3cccnc3)n2)C1=O)C(C)(C)C)C(C)(C)C. The number of benzene rings is 2. The minimum Gasteiger partial charge on any atom is -0.465 e. The molecule has 2 aromatic heterocycles. The fraction of sp³-hybridized carbons (Fsp3) is 0.455. The van der Waals surface area contributed by atoms with Gasteiger partial charge in [0.05, 0.1) is 24.4 Å². The Balaban J connectivity index is 1.37. The topological polar surface area (TPSA) is 168 Å². The van der Waals surface area contributed by atoms with Gasteiger partial charge in [0.1, 0.15) is 17.1 Å². The molecule has 58 heavy (non-hydrogen) atoms. The van der Waals surface area contributed by atoms with Crippen LogP contribution in [0.4, 0.5) is 9.59 Å². The molecule has 3 heterocycles. The molecule has 13 nitrogen and oxygen atoms in total. The van der Waals surface area contributed by atoms with Crippen molar-refractivity contribution in [2.24, 2.45) is 10.8 Å². The number of nitrogens with zero attached hydrogens (tertiary/aromatic N) is 5. The molecule has 14 heteroatoms. The monoisotopic (exact) mass is 811 g/mol. The zero-order valence-electron chi connectivity index (χ0n) is 34.5. The fourth-order valence-corrected chi connectivity index (χ4v) is 8.49. The Kier molecular flexibility index (Phi) is 14.3. The standard InChI is InChI=1S/C44H57N7O6S/c1-43(2,3)36(49(7)42(56)57)38(53)48-34(24-30-17-12-9-13-18-30)35(52)25-32(23-29-15-10-8-11-16-29)46-39(54)37(44(4,5)6)51-22-21-50(41(51)55)27-33-28-58-40(47-33)31-19-14-20-45-26-31/h8-20,26,28,32,34-37,52H,21-25,27H2,1-7H3,(H,46,54)(H,48,53)(H,56,57)/t32-,34-,35+,36+,37+/m0/s1. The molecule has 0 bridgehead atoms. The molecule has 5 amide bonds. The molecule has 5 atom stereocenters. The maximum atomic E-state index is 14.6. The predicted molar refractivity (Wildman–Crippen MR) is 225 cm³/mol. The van der Waals surface area contributed by atoms with E-state index in [1.807, 2.05) is 98.9 Å². The maximum Gasteiger partial charge on any atom is 0.407 e. The van der Waals surface area contributed by atoms with Crippen LogP contribution in [-0.4, -0.2) is 109 Å². The fourth-order valence-electron chi connectivity index (χ4n) is 7.69. The quantitative estimate of drug-likeness (QED) is 0.106. The van der Waals surface area contributed by atoms with Crippen molar-refractivity contribution < 1.29 is 29.4 Å². The summed E-state index contributed by atoms with van der Waals surface area (Å²) in [7, 11) is 1.36. The van der Waals surface area contributed by atoms with Gasteiger partial charge in [0.15, 0.2) is 0 Å². The van der Waals surface area contributed by atoms with Gasteiger partial charge in [-0.25, -0.2) is 14.6 Å². The number of aliphatic hydroxyl groups is 1. The van der Waals surface area contributed by atoms with E-state index in [1.165, 1.54) is 18.4 Å². The molecule has 0 aliphatic carbocycles. The smallest absolute Gasteiger partial charge is 0.407 e. The molecule has 0 radical (unpaired) electrons. The first-order chi connectivity index (χ1) is 27.4. The Bertz CT molecular complexity index is 1980. The number of aromatic nitrogens is 2. The van der Waals surface area contributed by atoms with Crippen LogP contribution in [0.15, 0.2) is 90.6 Å². The van der Waals surface area contributed by atoms with Crippen molar-refractivity contribution in [3.8, 4) is 10.6 Å². The minimum absolute atomic E-state index is 0.0629. The summed E-state index contributed by atoms with van der Waals surface area (Å²) in [6, 6.07) is 19.3. The highest BCUT2D eigenvalue weighted by Crippen LogP contribution is 2.30. The van der Waals surface area contributed by atoms with E-state index in [2.05, 4.69) is 15.6 Å². The summed E-state index contributed by atoms with van der Waals surface area (Å²) in [5.74, 6) is -0.875. The van der Waals surface area contributed by atoms with Gasteiger partial charge in [-0.2, -0.15) is 0 Å². The second kappa shape index (κ2) is 18.9. The number of carbonyl (C=O) groups excluding carboxylic acids is 3. The van der Waals surface area contributed by atoms with E-state index >= 15 is 0 Å². The molecule has 5 rings (SSSR count). The van der Waals surface area contributed by atoms with Crippen LogP contribution in [0, 0.1) is 10.8 Å². The number of urea groups is 1. The summed E-state index contributed by atoms with van der Waals surface area (Å²) in [5, 5.41) is 30.8. The molecule has 1 saturated heterocycles. The Morgan fingerprint density at radius 1 is 0.862 bits per heavy atom. The number of aliphatic hydroxyl groups excluding tert-OH is 1. The van der Waals surface area contributed by atoms with Crippen LogP contribution in [-0.2, 0) is 29.0 Å². The molecule has 4 aromatic rings. The van der Waals surface area contributed by atoms with E-state index in [1.54, 1.807) is 43.0 Å². The van der Waals surface area contributed by atoms with Crippen molar-refractivity contribution >= 4 is 35.3 Å². The third-order valence-electron chi connectivity index (χ3n) is 10.4. The van der Waals surface area contributed by atoms with Gasteiger partial charge in [-0.05, 0) is 53.4 Å². The summed E-state index contributed by atoms with van der Waals surface area (Å²) >= 11 is 1.49. The third-order valence-corrected chi connectivity index (χ3v) is 11.3. The predicted octanol–water partition coefficient (Wildman–Crippen LogP) is 6.09. The number of rotatable bonds is 16. The van der Waals surface area contributed by atoms with Crippen molar-refractivity contribution in [3.63, 3.8) is 0 Å². The first-order valence-electron chi connectivity index (χ1n) is 19.6. The molecule has 1 aliphatic rings. The number of hydrogen-bond donors (Lipinski definition) is 4. The number of nitrogens with one attached hydrogen (secondary N) is 2. The summed E-state index contributed by atoms with van der Waals surface area (Å²) in [5.41, 5.74) is 2.06. The summed E-state index contributed by atoms with van der Waals surface area (Å²) in [4.78, 5) is 67.8. The largest absolute Gasteiger partial charge is 0.465 e. The van der Waals surface area contributed by atoms with E-state index < -0.39 is 53.1 Å². The number of amides is 5. The molecule has 2 aromatic carbocycles. The number of thiazole rings is 1. The number of hydrogen-bond acceptors (Lipinski definition) is 8. The first-order valence-corrected chi connectivity index (χ1v) is 20.5. The molecule has 4 N–H and O–H groups in total. The molecular formula is C44H57N7O6S. The van der Waals surface area contributed by atoms with Crippen LogP contribution in [0.3, 0.4) is 0 Å². The Morgan fingerprint density at radius 2 is 1.50 bits per heavy atom. The van der Waals surface area contributed by atoms with Crippen LogP contribution in [0.1, 0.15) is 64.8 Å².